The van der Waals surface area contributed by atoms with Gasteiger partial charge in [-0.25, -0.2) is 13.1 Å². The van der Waals surface area contributed by atoms with Gasteiger partial charge in [0.1, 0.15) is 0 Å². The van der Waals surface area contributed by atoms with Gasteiger partial charge in [0, 0.05) is 11.4 Å². The summed E-state index contributed by atoms with van der Waals surface area (Å²) in [6.07, 6.45) is 1.43. The summed E-state index contributed by atoms with van der Waals surface area (Å²) < 4.78 is 26.4. The SMILES string of the molecule is Cc1ccc(S(=O)(=O)NC2CC(Cl)C2)cc1. The molecule has 0 spiro atoms. The molecule has 0 amide bonds. The van der Waals surface area contributed by atoms with Gasteiger partial charge in [-0.05, 0) is 31.9 Å². The largest absolute Gasteiger partial charge is 0.240 e. The second-order valence-corrected chi connectivity index (χ2v) is 6.53. The molecule has 0 radical (unpaired) electrons. The summed E-state index contributed by atoms with van der Waals surface area (Å²) in [6, 6.07) is 6.82. The lowest BCUT2D eigenvalue weighted by atomic mass is 9.94. The number of rotatable bonds is 3. The number of alkyl halides is 1. The molecule has 88 valence electrons. The molecule has 0 aromatic heterocycles. The molecule has 1 aliphatic carbocycles. The average molecular weight is 260 g/mol. The summed E-state index contributed by atoms with van der Waals surface area (Å²) in [4.78, 5) is 0.316. The average Bonchev–Trinajstić information content (AvgIpc) is 2.15. The second kappa shape index (κ2) is 4.35. The zero-order chi connectivity index (χ0) is 11.8. The van der Waals surface area contributed by atoms with E-state index in [1.165, 1.54) is 0 Å². The molecule has 5 heteroatoms. The van der Waals surface area contributed by atoms with Crippen molar-refractivity contribution >= 4 is 21.6 Å². The topological polar surface area (TPSA) is 46.2 Å². The Kier molecular flexibility index (Phi) is 3.24. The molecule has 3 nitrogen and oxygen atoms in total. The predicted molar refractivity (Wildman–Crippen MR) is 64.2 cm³/mol. The number of hydrogen-bond acceptors (Lipinski definition) is 2. The van der Waals surface area contributed by atoms with Crippen molar-refractivity contribution in [1.82, 2.24) is 4.72 Å². The number of nitrogens with one attached hydrogen (secondary N) is 1. The molecule has 0 bridgehead atoms. The third kappa shape index (κ3) is 2.56. The molecule has 1 aromatic carbocycles. The molecule has 1 aliphatic rings. The minimum absolute atomic E-state index is 0.00574. The van der Waals surface area contributed by atoms with Crippen LogP contribution in [-0.4, -0.2) is 19.8 Å². The first-order valence-electron chi connectivity index (χ1n) is 5.20. The van der Waals surface area contributed by atoms with Crippen LogP contribution in [0.5, 0.6) is 0 Å². The summed E-state index contributed by atoms with van der Waals surface area (Å²) in [6.45, 7) is 1.92. The summed E-state index contributed by atoms with van der Waals surface area (Å²) >= 11 is 5.80. The third-order valence-corrected chi connectivity index (χ3v) is 4.63. The molecule has 1 aromatic rings. The lowest BCUT2D eigenvalue weighted by Gasteiger charge is -2.31. The van der Waals surface area contributed by atoms with Crippen molar-refractivity contribution in [3.63, 3.8) is 0 Å². The normalized spacial score (nSPS) is 25.1. The molecule has 0 heterocycles. The van der Waals surface area contributed by atoms with Gasteiger partial charge in [0.05, 0.1) is 4.90 Å². The van der Waals surface area contributed by atoms with Crippen LogP contribution in [0.2, 0.25) is 0 Å². The van der Waals surface area contributed by atoms with E-state index in [0.717, 1.165) is 5.56 Å². The maximum atomic E-state index is 11.9. The van der Waals surface area contributed by atoms with Gasteiger partial charge < -0.3 is 0 Å². The van der Waals surface area contributed by atoms with Crippen LogP contribution in [-0.2, 0) is 10.0 Å². The molecule has 2 rings (SSSR count). The fourth-order valence-electron chi connectivity index (χ4n) is 1.65. The molecule has 16 heavy (non-hydrogen) atoms. The monoisotopic (exact) mass is 259 g/mol. The Morgan fingerprint density at radius 3 is 2.31 bits per heavy atom. The minimum atomic E-state index is -3.37. The maximum Gasteiger partial charge on any atom is 0.240 e. The van der Waals surface area contributed by atoms with Crippen molar-refractivity contribution in [2.45, 2.75) is 36.1 Å². The molecular formula is C11H14ClNO2S. The van der Waals surface area contributed by atoms with E-state index < -0.39 is 10.0 Å². The Morgan fingerprint density at radius 1 is 1.25 bits per heavy atom. The minimum Gasteiger partial charge on any atom is -0.208 e. The van der Waals surface area contributed by atoms with Crippen molar-refractivity contribution in [2.24, 2.45) is 0 Å². The summed E-state index contributed by atoms with van der Waals surface area (Å²) in [7, 11) is -3.37. The Morgan fingerprint density at radius 2 is 1.81 bits per heavy atom. The van der Waals surface area contributed by atoms with E-state index in [4.69, 9.17) is 11.6 Å². The zero-order valence-corrected chi connectivity index (χ0v) is 10.6. The van der Waals surface area contributed by atoms with E-state index >= 15 is 0 Å². The fraction of sp³-hybridized carbons (Fsp3) is 0.455. The molecule has 1 fully saturated rings. The van der Waals surface area contributed by atoms with Crippen molar-refractivity contribution in [1.29, 1.82) is 0 Å². The second-order valence-electron chi connectivity index (χ2n) is 4.20. The van der Waals surface area contributed by atoms with E-state index in [-0.39, 0.29) is 11.4 Å². The Balaban J connectivity index is 2.10. The Hall–Kier alpha value is -0.580. The zero-order valence-electron chi connectivity index (χ0n) is 8.98. The summed E-state index contributed by atoms with van der Waals surface area (Å²) in [5.41, 5.74) is 1.04. The summed E-state index contributed by atoms with van der Waals surface area (Å²) in [5.74, 6) is 0. The molecule has 1 N–H and O–H groups in total. The molecular weight excluding hydrogens is 246 g/mol. The first kappa shape index (κ1) is 11.9. The first-order valence-corrected chi connectivity index (χ1v) is 7.12. The highest BCUT2D eigenvalue weighted by molar-refractivity contribution is 7.89. The maximum absolute atomic E-state index is 11.9. The van der Waals surface area contributed by atoms with Gasteiger partial charge in [0.2, 0.25) is 10.0 Å². The number of sulfonamides is 1. The predicted octanol–water partition coefficient (Wildman–Crippen LogP) is 2.04. The van der Waals surface area contributed by atoms with E-state index in [1.54, 1.807) is 24.3 Å². The van der Waals surface area contributed by atoms with E-state index in [2.05, 4.69) is 4.72 Å². The van der Waals surface area contributed by atoms with Crippen molar-refractivity contribution in [3.05, 3.63) is 29.8 Å². The first-order chi connectivity index (χ1) is 7.47. The van der Waals surface area contributed by atoms with Crippen molar-refractivity contribution in [2.75, 3.05) is 0 Å². The number of halogens is 1. The third-order valence-electron chi connectivity index (χ3n) is 2.73. The van der Waals surface area contributed by atoms with Crippen LogP contribution in [0.3, 0.4) is 0 Å². The number of aryl methyl sites for hydroxylation is 1. The highest BCUT2D eigenvalue weighted by Crippen LogP contribution is 2.26. The van der Waals surface area contributed by atoms with Gasteiger partial charge in [0.25, 0.3) is 0 Å². The standard InChI is InChI=1S/C11H14ClNO2S/c1-8-2-4-11(5-3-8)16(14,15)13-10-6-9(12)7-10/h2-5,9-10,13H,6-7H2,1H3. The van der Waals surface area contributed by atoms with Crippen LogP contribution >= 0.6 is 11.6 Å². The van der Waals surface area contributed by atoms with Gasteiger partial charge in [-0.1, -0.05) is 17.7 Å². The van der Waals surface area contributed by atoms with Gasteiger partial charge >= 0.3 is 0 Å². The molecule has 0 saturated heterocycles. The highest BCUT2D eigenvalue weighted by atomic mass is 35.5. The van der Waals surface area contributed by atoms with Crippen LogP contribution in [0, 0.1) is 6.92 Å². The van der Waals surface area contributed by atoms with E-state index in [1.807, 2.05) is 6.92 Å². The van der Waals surface area contributed by atoms with Crippen LogP contribution in [0.1, 0.15) is 18.4 Å². The van der Waals surface area contributed by atoms with Gasteiger partial charge in [-0.2, -0.15) is 0 Å². The van der Waals surface area contributed by atoms with E-state index in [0.29, 0.717) is 17.7 Å². The molecule has 0 aliphatic heterocycles. The quantitative estimate of drug-likeness (QED) is 0.845. The van der Waals surface area contributed by atoms with Gasteiger partial charge in [0.15, 0.2) is 0 Å². The molecule has 1 saturated carbocycles. The Labute approximate surface area is 101 Å². The number of benzene rings is 1. The fourth-order valence-corrected chi connectivity index (χ4v) is 3.34. The van der Waals surface area contributed by atoms with Crippen LogP contribution in [0.15, 0.2) is 29.2 Å². The van der Waals surface area contributed by atoms with E-state index in [9.17, 15) is 8.42 Å². The molecule has 0 atom stereocenters. The van der Waals surface area contributed by atoms with Crippen LogP contribution in [0.25, 0.3) is 0 Å². The summed E-state index contributed by atoms with van der Waals surface area (Å²) in [5, 5.41) is 0.116. The van der Waals surface area contributed by atoms with Gasteiger partial charge in [-0.3, -0.25) is 0 Å². The molecule has 0 unspecified atom stereocenters. The number of hydrogen-bond donors (Lipinski definition) is 1. The van der Waals surface area contributed by atoms with Crippen molar-refractivity contribution < 1.29 is 8.42 Å². The van der Waals surface area contributed by atoms with Crippen molar-refractivity contribution in [3.8, 4) is 0 Å². The van der Waals surface area contributed by atoms with Crippen LogP contribution < -0.4 is 4.72 Å². The lowest BCUT2D eigenvalue weighted by Crippen LogP contribution is -2.44. The Bertz CT molecular complexity index is 463. The van der Waals surface area contributed by atoms with Crippen LogP contribution in [0.4, 0.5) is 0 Å². The van der Waals surface area contributed by atoms with Gasteiger partial charge in [-0.15, -0.1) is 11.6 Å². The lowest BCUT2D eigenvalue weighted by molar-refractivity contribution is 0.391. The smallest absolute Gasteiger partial charge is 0.208 e. The highest BCUT2D eigenvalue weighted by Gasteiger charge is 2.31.